The summed E-state index contributed by atoms with van der Waals surface area (Å²) in [6.07, 6.45) is 7.73. The predicted octanol–water partition coefficient (Wildman–Crippen LogP) is 6.72. The number of anilines is 2. The van der Waals surface area contributed by atoms with Gasteiger partial charge < -0.3 is 24.6 Å². The molecule has 0 saturated carbocycles. The zero-order chi connectivity index (χ0) is 33.1. The standard InChI is InChI=1S/C33H38ClF2N7O3/c1-4-15-43(16-5-2,17-6-3)22-45-19-13-39-33(44)24-8-7-23(20-26(24)34)41-31-32-40-21-27(42(32)14-12-38-31)25-9-10-28(46-18-11-37)30(36)29(25)35/h7-10,12,14,20-21H,4-6,13,15-19,22H2,1-3H3,(H-,38,39,41,44)/p+1. The highest BCUT2D eigenvalue weighted by atomic mass is 35.5. The Balaban J connectivity index is 1.40. The van der Waals surface area contributed by atoms with Crippen molar-refractivity contribution in [2.24, 2.45) is 0 Å². The minimum atomic E-state index is -1.20. The molecule has 2 aromatic heterocycles. The van der Waals surface area contributed by atoms with Crippen LogP contribution in [-0.2, 0) is 4.74 Å². The fraction of sp³-hybridized carbons (Fsp3) is 0.394. The number of hydrogen-bond acceptors (Lipinski definition) is 7. The van der Waals surface area contributed by atoms with Crippen LogP contribution in [0.15, 0.2) is 48.9 Å². The number of carbonyl (C=O) groups is 1. The zero-order valence-electron chi connectivity index (χ0n) is 26.3. The number of amides is 1. The van der Waals surface area contributed by atoms with E-state index in [2.05, 4.69) is 41.4 Å². The van der Waals surface area contributed by atoms with Crippen molar-refractivity contribution in [2.75, 3.05) is 51.4 Å². The topological polar surface area (TPSA) is 114 Å². The average Bonchev–Trinajstić information content (AvgIpc) is 3.47. The minimum Gasteiger partial charge on any atom is -0.476 e. The normalized spacial score (nSPS) is 11.4. The van der Waals surface area contributed by atoms with Gasteiger partial charge in [0.1, 0.15) is 6.07 Å². The number of fused-ring (bicyclic) bond motifs is 1. The number of rotatable bonds is 17. The molecule has 0 saturated heterocycles. The summed E-state index contributed by atoms with van der Waals surface area (Å²) in [7, 11) is 0. The summed E-state index contributed by atoms with van der Waals surface area (Å²) in [4.78, 5) is 21.6. The SMILES string of the molecule is CCC[N+](CCC)(CCC)COCCNC(=O)c1ccc(Nc2nccn3c(-c4ccc(OCC#N)c(F)c4F)cnc23)cc1Cl. The number of quaternary nitrogens is 1. The second-order valence-corrected chi connectivity index (χ2v) is 11.3. The van der Waals surface area contributed by atoms with Gasteiger partial charge in [0.25, 0.3) is 5.91 Å². The number of nitrogens with zero attached hydrogens (tertiary/aromatic N) is 5. The van der Waals surface area contributed by atoms with Crippen LogP contribution in [0.2, 0.25) is 5.02 Å². The van der Waals surface area contributed by atoms with E-state index in [1.807, 2.05) is 0 Å². The molecule has 0 aliphatic heterocycles. The zero-order valence-corrected chi connectivity index (χ0v) is 27.0. The number of carbonyl (C=O) groups excluding carboxylic acids is 1. The number of benzene rings is 2. The van der Waals surface area contributed by atoms with E-state index in [-0.39, 0.29) is 27.9 Å². The van der Waals surface area contributed by atoms with Gasteiger partial charge in [-0.1, -0.05) is 32.4 Å². The first-order chi connectivity index (χ1) is 22.3. The van der Waals surface area contributed by atoms with Crippen molar-refractivity contribution >= 4 is 34.7 Å². The molecule has 0 atom stereocenters. The number of nitriles is 1. The lowest BCUT2D eigenvalue weighted by atomic mass is 10.1. The van der Waals surface area contributed by atoms with E-state index in [0.29, 0.717) is 42.6 Å². The van der Waals surface area contributed by atoms with E-state index in [1.54, 1.807) is 34.9 Å². The number of hydrogen-bond donors (Lipinski definition) is 2. The van der Waals surface area contributed by atoms with Gasteiger partial charge in [0, 0.05) is 30.2 Å². The number of ether oxygens (including phenoxy) is 2. The molecule has 0 aliphatic carbocycles. The first-order valence-corrected chi connectivity index (χ1v) is 15.7. The summed E-state index contributed by atoms with van der Waals surface area (Å²) in [6.45, 7) is 10.8. The molecule has 0 spiro atoms. The first kappa shape index (κ1) is 34.6. The van der Waals surface area contributed by atoms with Crippen molar-refractivity contribution in [1.29, 1.82) is 5.26 Å². The fourth-order valence-electron chi connectivity index (χ4n) is 5.61. The van der Waals surface area contributed by atoms with Crippen molar-refractivity contribution in [3.8, 4) is 23.1 Å². The van der Waals surface area contributed by atoms with Crippen molar-refractivity contribution in [3.05, 3.63) is 71.1 Å². The highest BCUT2D eigenvalue weighted by Crippen LogP contribution is 2.32. The Morgan fingerprint density at radius 2 is 1.80 bits per heavy atom. The van der Waals surface area contributed by atoms with Gasteiger partial charge in [-0.15, -0.1) is 0 Å². The maximum Gasteiger partial charge on any atom is 0.252 e. The first-order valence-electron chi connectivity index (χ1n) is 15.3. The molecule has 1 amide bonds. The Morgan fingerprint density at radius 1 is 1.07 bits per heavy atom. The van der Waals surface area contributed by atoms with Crippen molar-refractivity contribution < 1.29 is 27.5 Å². The maximum atomic E-state index is 15.0. The van der Waals surface area contributed by atoms with Gasteiger partial charge in [0.05, 0.1) is 48.7 Å². The molecule has 4 rings (SSSR count). The number of imidazole rings is 1. The van der Waals surface area contributed by atoms with Crippen molar-refractivity contribution in [3.63, 3.8) is 0 Å². The van der Waals surface area contributed by atoms with Crippen LogP contribution in [0.5, 0.6) is 5.75 Å². The summed E-state index contributed by atoms with van der Waals surface area (Å²) in [5.41, 5.74) is 1.44. The van der Waals surface area contributed by atoms with Crippen LogP contribution in [0.1, 0.15) is 50.4 Å². The number of halogens is 3. The number of aromatic nitrogens is 3. The monoisotopic (exact) mass is 654 g/mol. The summed E-state index contributed by atoms with van der Waals surface area (Å²) < 4.78 is 43.0. The van der Waals surface area contributed by atoms with Gasteiger partial charge in [-0.05, 0) is 49.6 Å². The molecule has 0 aliphatic rings. The molecule has 0 radical (unpaired) electrons. The van der Waals surface area contributed by atoms with Crippen LogP contribution >= 0.6 is 11.6 Å². The number of nitrogens with one attached hydrogen (secondary N) is 2. The Labute approximate surface area is 272 Å². The quantitative estimate of drug-likeness (QED) is 0.0738. The van der Waals surface area contributed by atoms with Gasteiger partial charge in [-0.2, -0.15) is 9.65 Å². The van der Waals surface area contributed by atoms with E-state index in [4.69, 9.17) is 26.3 Å². The van der Waals surface area contributed by atoms with E-state index in [1.165, 1.54) is 24.5 Å². The second kappa shape index (κ2) is 16.3. The predicted molar refractivity (Wildman–Crippen MR) is 173 cm³/mol. The summed E-state index contributed by atoms with van der Waals surface area (Å²) in [6, 6.07) is 9.23. The molecule has 46 heavy (non-hydrogen) atoms. The fourth-order valence-corrected chi connectivity index (χ4v) is 5.88. The Kier molecular flexibility index (Phi) is 12.3. The van der Waals surface area contributed by atoms with E-state index < -0.39 is 18.2 Å². The Morgan fingerprint density at radius 3 is 2.48 bits per heavy atom. The Bertz CT molecular complexity index is 1680. The molecular formula is C33H39ClF2N7O3+. The maximum absolute atomic E-state index is 15.0. The third kappa shape index (κ3) is 8.09. The molecule has 0 unspecified atom stereocenters. The molecule has 0 bridgehead atoms. The summed E-state index contributed by atoms with van der Waals surface area (Å²) in [5, 5.41) is 14.9. The van der Waals surface area contributed by atoms with Crippen LogP contribution < -0.4 is 15.4 Å². The van der Waals surface area contributed by atoms with Gasteiger partial charge in [-0.3, -0.25) is 9.20 Å². The van der Waals surface area contributed by atoms with Crippen LogP contribution in [0.4, 0.5) is 20.3 Å². The molecule has 4 aromatic rings. The van der Waals surface area contributed by atoms with Crippen molar-refractivity contribution in [2.45, 2.75) is 40.0 Å². The molecule has 2 heterocycles. The highest BCUT2D eigenvalue weighted by molar-refractivity contribution is 6.34. The molecule has 0 fully saturated rings. The van der Waals surface area contributed by atoms with Crippen LogP contribution in [-0.4, -0.2) is 70.9 Å². The third-order valence-electron chi connectivity index (χ3n) is 7.51. The second-order valence-electron chi connectivity index (χ2n) is 10.9. The molecule has 244 valence electrons. The van der Waals surface area contributed by atoms with E-state index in [0.717, 1.165) is 43.4 Å². The summed E-state index contributed by atoms with van der Waals surface area (Å²) >= 11 is 6.49. The molecule has 10 nitrogen and oxygen atoms in total. The van der Waals surface area contributed by atoms with E-state index in [9.17, 15) is 13.6 Å². The van der Waals surface area contributed by atoms with Crippen molar-refractivity contribution in [1.82, 2.24) is 19.7 Å². The highest BCUT2D eigenvalue weighted by Gasteiger charge is 2.25. The van der Waals surface area contributed by atoms with Gasteiger partial charge in [0.15, 0.2) is 36.4 Å². The van der Waals surface area contributed by atoms with E-state index >= 15 is 0 Å². The van der Waals surface area contributed by atoms with Crippen LogP contribution in [0.25, 0.3) is 16.9 Å². The lowest BCUT2D eigenvalue weighted by Gasteiger charge is -2.37. The third-order valence-corrected chi connectivity index (χ3v) is 7.82. The molecule has 2 N–H and O–H groups in total. The summed E-state index contributed by atoms with van der Waals surface area (Å²) in [5.74, 6) is -2.67. The molecule has 13 heteroatoms. The van der Waals surface area contributed by atoms with Gasteiger partial charge in [-0.25, -0.2) is 14.4 Å². The van der Waals surface area contributed by atoms with Gasteiger partial charge in [0.2, 0.25) is 5.82 Å². The average molecular weight is 655 g/mol. The van der Waals surface area contributed by atoms with Crippen LogP contribution in [0, 0.1) is 23.0 Å². The molecular weight excluding hydrogens is 616 g/mol. The van der Waals surface area contributed by atoms with Gasteiger partial charge >= 0.3 is 0 Å². The molecule has 2 aromatic carbocycles. The minimum absolute atomic E-state index is 0.0449. The van der Waals surface area contributed by atoms with Crippen LogP contribution in [0.3, 0.4) is 0 Å². The largest absolute Gasteiger partial charge is 0.476 e. The Hall–Kier alpha value is -4.31. The smallest absolute Gasteiger partial charge is 0.252 e. The lowest BCUT2D eigenvalue weighted by Crippen LogP contribution is -2.51. The lowest BCUT2D eigenvalue weighted by molar-refractivity contribution is -0.946.